The van der Waals surface area contributed by atoms with E-state index in [-0.39, 0.29) is 12.4 Å². The number of halogens is 2. The Labute approximate surface area is 155 Å². The van der Waals surface area contributed by atoms with Gasteiger partial charge < -0.3 is 20.2 Å². The van der Waals surface area contributed by atoms with Gasteiger partial charge in [-0.05, 0) is 66.0 Å². The number of hydrogen-bond donors (Lipinski definition) is 3. The molecule has 7 heteroatoms. The van der Waals surface area contributed by atoms with Crippen molar-refractivity contribution >= 4 is 21.9 Å². The largest absolute Gasteiger partial charge is 0.466 e. The zero-order valence-corrected chi connectivity index (χ0v) is 15.9. The first kappa shape index (κ1) is 19.5. The number of furan rings is 1. The molecule has 0 aliphatic heterocycles. The summed E-state index contributed by atoms with van der Waals surface area (Å²) in [7, 11) is 0. The SMILES string of the molecule is CCNC(=NCC(C)(O)c1ccco1)NCCc1ccc(F)c(Br)c1. The van der Waals surface area contributed by atoms with Crippen LogP contribution in [0.3, 0.4) is 0 Å². The summed E-state index contributed by atoms with van der Waals surface area (Å²) in [5.74, 6) is 0.811. The Morgan fingerprint density at radius 3 is 2.80 bits per heavy atom. The fourth-order valence-corrected chi connectivity index (χ4v) is 2.68. The van der Waals surface area contributed by atoms with Crippen LogP contribution in [0.25, 0.3) is 0 Å². The van der Waals surface area contributed by atoms with Crippen molar-refractivity contribution in [1.82, 2.24) is 10.6 Å². The van der Waals surface area contributed by atoms with Crippen molar-refractivity contribution in [2.75, 3.05) is 19.6 Å². The predicted molar refractivity (Wildman–Crippen MR) is 100 cm³/mol. The van der Waals surface area contributed by atoms with Gasteiger partial charge in [0.1, 0.15) is 17.2 Å². The number of hydrogen-bond acceptors (Lipinski definition) is 3. The molecule has 0 spiro atoms. The van der Waals surface area contributed by atoms with Crippen molar-refractivity contribution in [3.05, 3.63) is 58.2 Å². The third-order valence-corrected chi connectivity index (χ3v) is 4.24. The molecule has 2 rings (SSSR count). The minimum absolute atomic E-state index is 0.165. The van der Waals surface area contributed by atoms with Crippen LogP contribution in [0.4, 0.5) is 4.39 Å². The van der Waals surface area contributed by atoms with E-state index in [9.17, 15) is 9.50 Å². The molecule has 1 unspecified atom stereocenters. The number of benzene rings is 1. The van der Waals surface area contributed by atoms with Gasteiger partial charge in [0.15, 0.2) is 5.96 Å². The summed E-state index contributed by atoms with van der Waals surface area (Å²) in [6.45, 7) is 5.13. The molecule has 1 aromatic heterocycles. The predicted octanol–water partition coefficient (Wildman–Crippen LogP) is 3.19. The molecule has 0 aliphatic rings. The molecule has 3 N–H and O–H groups in total. The molecule has 0 fully saturated rings. The molecule has 0 radical (unpaired) electrons. The molecule has 1 atom stereocenters. The van der Waals surface area contributed by atoms with Gasteiger partial charge in [-0.3, -0.25) is 0 Å². The van der Waals surface area contributed by atoms with Crippen molar-refractivity contribution in [1.29, 1.82) is 0 Å². The highest BCUT2D eigenvalue weighted by molar-refractivity contribution is 9.10. The Morgan fingerprint density at radius 1 is 1.36 bits per heavy atom. The van der Waals surface area contributed by atoms with Gasteiger partial charge in [0, 0.05) is 13.1 Å². The lowest BCUT2D eigenvalue weighted by atomic mass is 10.0. The Bertz CT molecular complexity index is 702. The highest BCUT2D eigenvalue weighted by atomic mass is 79.9. The van der Waals surface area contributed by atoms with Crippen LogP contribution in [0.2, 0.25) is 0 Å². The molecule has 0 bridgehead atoms. The van der Waals surface area contributed by atoms with Crippen LogP contribution in [-0.4, -0.2) is 30.7 Å². The van der Waals surface area contributed by atoms with Gasteiger partial charge in [0.05, 0.1) is 17.3 Å². The minimum atomic E-state index is -1.17. The highest BCUT2D eigenvalue weighted by Crippen LogP contribution is 2.21. The van der Waals surface area contributed by atoms with Gasteiger partial charge in [-0.2, -0.15) is 0 Å². The lowest BCUT2D eigenvalue weighted by Crippen LogP contribution is -2.39. The summed E-state index contributed by atoms with van der Waals surface area (Å²) in [5.41, 5.74) is -0.160. The number of aliphatic hydroxyl groups is 1. The number of aliphatic imine (C=N–C) groups is 1. The molecule has 136 valence electrons. The van der Waals surface area contributed by atoms with E-state index in [1.54, 1.807) is 31.2 Å². The molecular formula is C18H23BrFN3O2. The first-order chi connectivity index (χ1) is 11.9. The van der Waals surface area contributed by atoms with Crippen LogP contribution in [0.1, 0.15) is 25.2 Å². The van der Waals surface area contributed by atoms with E-state index in [1.807, 2.05) is 6.92 Å². The maximum absolute atomic E-state index is 13.3. The topological polar surface area (TPSA) is 69.8 Å². The van der Waals surface area contributed by atoms with Gasteiger partial charge in [0.25, 0.3) is 0 Å². The fraction of sp³-hybridized carbons (Fsp3) is 0.389. The molecule has 1 heterocycles. The first-order valence-electron chi connectivity index (χ1n) is 8.15. The molecule has 0 aliphatic carbocycles. The molecule has 0 saturated carbocycles. The molecule has 5 nitrogen and oxygen atoms in total. The van der Waals surface area contributed by atoms with Gasteiger partial charge in [-0.1, -0.05) is 6.07 Å². The van der Waals surface area contributed by atoms with Crippen LogP contribution in [0.15, 0.2) is 50.5 Å². The van der Waals surface area contributed by atoms with Crippen LogP contribution in [-0.2, 0) is 12.0 Å². The maximum atomic E-state index is 13.3. The zero-order chi connectivity index (χ0) is 18.3. The number of guanidine groups is 1. The minimum Gasteiger partial charge on any atom is -0.466 e. The number of rotatable bonds is 7. The monoisotopic (exact) mass is 411 g/mol. The van der Waals surface area contributed by atoms with Crippen molar-refractivity contribution in [2.45, 2.75) is 25.9 Å². The lowest BCUT2D eigenvalue weighted by Gasteiger charge is -2.19. The van der Waals surface area contributed by atoms with E-state index in [0.717, 1.165) is 12.0 Å². The number of nitrogens with zero attached hydrogens (tertiary/aromatic N) is 1. The molecule has 2 aromatic rings. The molecule has 25 heavy (non-hydrogen) atoms. The van der Waals surface area contributed by atoms with Crippen molar-refractivity contribution < 1.29 is 13.9 Å². The summed E-state index contributed by atoms with van der Waals surface area (Å²) in [6.07, 6.45) is 2.25. The summed E-state index contributed by atoms with van der Waals surface area (Å²) < 4.78 is 19.0. The molecular weight excluding hydrogens is 389 g/mol. The van der Waals surface area contributed by atoms with Crippen LogP contribution in [0, 0.1) is 5.82 Å². The van der Waals surface area contributed by atoms with Crippen molar-refractivity contribution in [2.24, 2.45) is 4.99 Å². The third kappa shape index (κ3) is 5.86. The van der Waals surface area contributed by atoms with Crippen molar-refractivity contribution in [3.63, 3.8) is 0 Å². The van der Waals surface area contributed by atoms with Crippen molar-refractivity contribution in [3.8, 4) is 0 Å². The van der Waals surface area contributed by atoms with Gasteiger partial charge in [0.2, 0.25) is 0 Å². The Morgan fingerprint density at radius 2 is 2.16 bits per heavy atom. The maximum Gasteiger partial charge on any atom is 0.191 e. The summed E-state index contributed by atoms with van der Waals surface area (Å²) in [4.78, 5) is 4.42. The Balaban J connectivity index is 1.92. The van der Waals surface area contributed by atoms with Gasteiger partial charge in [-0.15, -0.1) is 0 Å². The molecule has 0 amide bonds. The quantitative estimate of drug-likeness (QED) is 0.483. The second-order valence-electron chi connectivity index (χ2n) is 5.87. The Hall–Kier alpha value is -1.86. The molecule has 0 saturated heterocycles. The van der Waals surface area contributed by atoms with Gasteiger partial charge >= 0.3 is 0 Å². The second kappa shape index (κ2) is 9.01. The van der Waals surface area contributed by atoms with Crippen LogP contribution >= 0.6 is 15.9 Å². The van der Waals surface area contributed by atoms with E-state index >= 15 is 0 Å². The average Bonchev–Trinajstić information content (AvgIpc) is 3.11. The van der Waals surface area contributed by atoms with E-state index < -0.39 is 5.60 Å². The Kier molecular flexibility index (Phi) is 7.01. The summed E-state index contributed by atoms with van der Waals surface area (Å²) in [5, 5.41) is 16.8. The highest BCUT2D eigenvalue weighted by Gasteiger charge is 2.26. The molecule has 1 aromatic carbocycles. The summed E-state index contributed by atoms with van der Waals surface area (Å²) in [6, 6.07) is 8.43. The third-order valence-electron chi connectivity index (χ3n) is 3.63. The smallest absolute Gasteiger partial charge is 0.191 e. The lowest BCUT2D eigenvalue weighted by molar-refractivity contribution is 0.0437. The fourth-order valence-electron chi connectivity index (χ4n) is 2.26. The van der Waals surface area contributed by atoms with Crippen LogP contribution in [0.5, 0.6) is 0 Å². The van der Waals surface area contributed by atoms with Gasteiger partial charge in [-0.25, -0.2) is 9.38 Å². The zero-order valence-electron chi connectivity index (χ0n) is 14.4. The van der Waals surface area contributed by atoms with E-state index in [4.69, 9.17) is 4.42 Å². The first-order valence-corrected chi connectivity index (χ1v) is 8.94. The average molecular weight is 412 g/mol. The second-order valence-corrected chi connectivity index (χ2v) is 6.73. The normalized spacial score (nSPS) is 14.2. The standard InChI is InChI=1S/C18H23BrFN3O2/c1-3-21-17(23-12-18(2,24)16-5-4-10-25-16)22-9-8-13-6-7-15(20)14(19)11-13/h4-7,10-11,24H,3,8-9,12H2,1-2H3,(H2,21,22,23). The van der Waals surface area contributed by atoms with Crippen LogP contribution < -0.4 is 10.6 Å². The summed E-state index contributed by atoms with van der Waals surface area (Å²) >= 11 is 3.19. The number of nitrogens with one attached hydrogen (secondary N) is 2. The van der Waals surface area contributed by atoms with E-state index in [2.05, 4.69) is 31.6 Å². The van der Waals surface area contributed by atoms with E-state index in [0.29, 0.717) is 29.3 Å². The van der Waals surface area contributed by atoms with E-state index in [1.165, 1.54) is 12.3 Å².